The van der Waals surface area contributed by atoms with Gasteiger partial charge in [0.05, 0.1) is 11.7 Å². The van der Waals surface area contributed by atoms with Crippen molar-refractivity contribution in [2.45, 2.75) is 19.5 Å². The molecule has 20 heavy (non-hydrogen) atoms. The van der Waals surface area contributed by atoms with Gasteiger partial charge < -0.3 is 10.2 Å². The van der Waals surface area contributed by atoms with Crippen LogP contribution in [0.3, 0.4) is 0 Å². The van der Waals surface area contributed by atoms with Crippen LogP contribution in [0, 0.1) is 0 Å². The van der Waals surface area contributed by atoms with E-state index in [1.807, 2.05) is 48.4 Å². The second kappa shape index (κ2) is 5.00. The van der Waals surface area contributed by atoms with Crippen LogP contribution in [0.5, 0.6) is 0 Å². The van der Waals surface area contributed by atoms with Crippen LogP contribution < -0.4 is 15.8 Å². The maximum atomic E-state index is 6.23. The number of hydrogen-bond donors (Lipinski definition) is 2. The molecule has 1 atom stereocenters. The van der Waals surface area contributed by atoms with Crippen LogP contribution in [0.1, 0.15) is 12.5 Å². The van der Waals surface area contributed by atoms with Gasteiger partial charge in [0.15, 0.2) is 5.82 Å². The first-order valence-corrected chi connectivity index (χ1v) is 6.99. The van der Waals surface area contributed by atoms with Crippen molar-refractivity contribution in [1.29, 1.82) is 0 Å². The van der Waals surface area contributed by atoms with Crippen molar-refractivity contribution in [3.63, 3.8) is 0 Å². The van der Waals surface area contributed by atoms with E-state index in [1.54, 1.807) is 0 Å². The number of hydrazine groups is 1. The molecule has 0 saturated heterocycles. The predicted octanol–water partition coefficient (Wildman–Crippen LogP) is 1.92. The summed E-state index contributed by atoms with van der Waals surface area (Å²) in [5, 5.41) is 6.10. The molecule has 2 aliphatic rings. The van der Waals surface area contributed by atoms with Crippen molar-refractivity contribution in [3.05, 3.63) is 40.8 Å². The smallest absolute Gasteiger partial charge is 0.165 e. The van der Waals surface area contributed by atoms with Crippen molar-refractivity contribution in [3.8, 4) is 0 Å². The van der Waals surface area contributed by atoms with Crippen molar-refractivity contribution in [2.24, 2.45) is 4.99 Å². The summed E-state index contributed by atoms with van der Waals surface area (Å²) in [5.74, 6) is 1.84. The first-order valence-electron chi connectivity index (χ1n) is 6.61. The molecule has 106 valence electrons. The number of halogens is 1. The molecule has 2 N–H and O–H groups in total. The Morgan fingerprint density at radius 3 is 2.95 bits per heavy atom. The third-order valence-electron chi connectivity index (χ3n) is 3.52. The van der Waals surface area contributed by atoms with E-state index in [4.69, 9.17) is 16.6 Å². The highest BCUT2D eigenvalue weighted by Crippen LogP contribution is 2.33. The lowest BCUT2D eigenvalue weighted by Crippen LogP contribution is -2.44. The van der Waals surface area contributed by atoms with Crippen molar-refractivity contribution >= 4 is 23.1 Å². The number of benzene rings is 1. The molecule has 3 rings (SSSR count). The SMILES string of the molecule is C[C@H]1NC=C(N2NCc3c(Cl)cccc32)N=C1N(C)C. The summed E-state index contributed by atoms with van der Waals surface area (Å²) in [6.45, 7) is 2.81. The van der Waals surface area contributed by atoms with Gasteiger partial charge in [-0.1, -0.05) is 17.7 Å². The Bertz CT molecular complexity index is 593. The summed E-state index contributed by atoms with van der Waals surface area (Å²) in [6.07, 6.45) is 1.93. The van der Waals surface area contributed by atoms with Gasteiger partial charge in [-0.3, -0.25) is 5.01 Å². The first kappa shape index (κ1) is 13.3. The Morgan fingerprint density at radius 2 is 2.20 bits per heavy atom. The van der Waals surface area contributed by atoms with E-state index in [1.165, 1.54) is 0 Å². The van der Waals surface area contributed by atoms with Gasteiger partial charge in [0.1, 0.15) is 5.84 Å². The van der Waals surface area contributed by atoms with Gasteiger partial charge in [-0.25, -0.2) is 10.4 Å². The lowest BCUT2D eigenvalue weighted by molar-refractivity contribution is 0.561. The summed E-state index contributed by atoms with van der Waals surface area (Å²) >= 11 is 6.23. The Labute approximate surface area is 123 Å². The Hall–Kier alpha value is -1.72. The van der Waals surface area contributed by atoms with Crippen LogP contribution in [0.2, 0.25) is 5.02 Å². The first-order chi connectivity index (χ1) is 9.58. The van der Waals surface area contributed by atoms with E-state index in [-0.39, 0.29) is 6.04 Å². The molecule has 0 amide bonds. The van der Waals surface area contributed by atoms with Gasteiger partial charge in [0.25, 0.3) is 0 Å². The predicted molar refractivity (Wildman–Crippen MR) is 82.6 cm³/mol. The average molecular weight is 292 g/mol. The molecule has 0 aromatic heterocycles. The Kier molecular flexibility index (Phi) is 3.31. The van der Waals surface area contributed by atoms with Gasteiger partial charge in [-0.2, -0.15) is 0 Å². The third kappa shape index (κ3) is 2.13. The number of fused-ring (bicyclic) bond motifs is 1. The molecule has 0 saturated carbocycles. The average Bonchev–Trinajstić information content (AvgIpc) is 2.84. The molecular weight excluding hydrogens is 274 g/mol. The highest BCUT2D eigenvalue weighted by molar-refractivity contribution is 6.31. The van der Waals surface area contributed by atoms with E-state index < -0.39 is 0 Å². The number of anilines is 1. The third-order valence-corrected chi connectivity index (χ3v) is 3.87. The zero-order valence-electron chi connectivity index (χ0n) is 11.8. The standard InChI is InChI=1S/C14H18ClN5/c1-9-14(19(2)3)18-13(8-16-9)20-12-6-4-5-11(15)10(12)7-17-20/h4-6,8-9,16-17H,7H2,1-3H3/t9-/m1/s1. The van der Waals surface area contributed by atoms with Crippen LogP contribution in [0.25, 0.3) is 0 Å². The second-order valence-electron chi connectivity index (χ2n) is 5.16. The van der Waals surface area contributed by atoms with Gasteiger partial charge in [-0.15, -0.1) is 0 Å². The number of likely N-dealkylation sites (N-methyl/N-ethyl adjacent to an activating group) is 1. The van der Waals surface area contributed by atoms with Crippen LogP contribution in [-0.2, 0) is 6.54 Å². The molecule has 0 fully saturated rings. The van der Waals surface area contributed by atoms with E-state index in [0.717, 1.165) is 27.9 Å². The van der Waals surface area contributed by atoms with Crippen LogP contribution >= 0.6 is 11.6 Å². The topological polar surface area (TPSA) is 42.9 Å². The summed E-state index contributed by atoms with van der Waals surface area (Å²) in [6, 6.07) is 6.12. The number of nitrogens with zero attached hydrogens (tertiary/aromatic N) is 3. The summed E-state index contributed by atoms with van der Waals surface area (Å²) in [4.78, 5) is 6.76. The molecule has 0 unspecified atom stereocenters. The number of rotatable bonds is 1. The van der Waals surface area contributed by atoms with E-state index in [9.17, 15) is 0 Å². The minimum absolute atomic E-state index is 0.204. The maximum Gasteiger partial charge on any atom is 0.165 e. The molecule has 2 heterocycles. The van der Waals surface area contributed by atoms with Crippen molar-refractivity contribution in [2.75, 3.05) is 19.1 Å². The monoisotopic (exact) mass is 291 g/mol. The van der Waals surface area contributed by atoms with E-state index in [2.05, 4.69) is 17.7 Å². The van der Waals surface area contributed by atoms with Gasteiger partial charge in [0, 0.05) is 37.4 Å². The highest BCUT2D eigenvalue weighted by Gasteiger charge is 2.26. The quantitative estimate of drug-likeness (QED) is 0.830. The normalized spacial score (nSPS) is 21.0. The molecule has 0 radical (unpaired) electrons. The molecule has 2 aliphatic heterocycles. The number of nitrogens with one attached hydrogen (secondary N) is 2. The summed E-state index contributed by atoms with van der Waals surface area (Å²) in [7, 11) is 4.00. The highest BCUT2D eigenvalue weighted by atomic mass is 35.5. The molecule has 0 spiro atoms. The largest absolute Gasteiger partial charge is 0.378 e. The van der Waals surface area contributed by atoms with Crippen LogP contribution in [0.15, 0.2) is 35.2 Å². The van der Waals surface area contributed by atoms with Gasteiger partial charge >= 0.3 is 0 Å². The Morgan fingerprint density at radius 1 is 1.40 bits per heavy atom. The van der Waals surface area contributed by atoms with Crippen LogP contribution in [-0.4, -0.2) is 30.9 Å². The molecule has 5 nitrogen and oxygen atoms in total. The van der Waals surface area contributed by atoms with Gasteiger partial charge in [0.2, 0.25) is 0 Å². The fraction of sp³-hybridized carbons (Fsp3) is 0.357. The van der Waals surface area contributed by atoms with Crippen LogP contribution in [0.4, 0.5) is 5.69 Å². The minimum atomic E-state index is 0.204. The number of hydrogen-bond acceptors (Lipinski definition) is 5. The number of amidine groups is 1. The summed E-state index contributed by atoms with van der Waals surface area (Å²) in [5.41, 5.74) is 5.49. The molecule has 1 aromatic carbocycles. The summed E-state index contributed by atoms with van der Waals surface area (Å²) < 4.78 is 0. The zero-order chi connectivity index (χ0) is 14.3. The fourth-order valence-electron chi connectivity index (χ4n) is 2.50. The van der Waals surface area contributed by atoms with Gasteiger partial charge in [-0.05, 0) is 19.1 Å². The molecule has 0 aliphatic carbocycles. The molecule has 0 bridgehead atoms. The van der Waals surface area contributed by atoms with E-state index >= 15 is 0 Å². The second-order valence-corrected chi connectivity index (χ2v) is 5.57. The lowest BCUT2D eigenvalue weighted by Gasteiger charge is -2.29. The lowest BCUT2D eigenvalue weighted by atomic mass is 10.2. The van der Waals surface area contributed by atoms with Crippen molar-refractivity contribution < 1.29 is 0 Å². The fourth-order valence-corrected chi connectivity index (χ4v) is 2.74. The molecule has 1 aromatic rings. The minimum Gasteiger partial charge on any atom is -0.378 e. The zero-order valence-corrected chi connectivity index (χ0v) is 12.6. The maximum absolute atomic E-state index is 6.23. The van der Waals surface area contributed by atoms with E-state index in [0.29, 0.717) is 6.54 Å². The Balaban J connectivity index is 1.95. The number of aliphatic imine (C=N–C) groups is 1. The molecule has 6 heteroatoms. The molecular formula is C14H18ClN5. The van der Waals surface area contributed by atoms with Crippen molar-refractivity contribution in [1.82, 2.24) is 15.6 Å².